The van der Waals surface area contributed by atoms with Gasteiger partial charge in [0.2, 0.25) is 0 Å². The molecule has 0 unspecified atom stereocenters. The van der Waals surface area contributed by atoms with Crippen LogP contribution in [0.4, 0.5) is 4.79 Å². The standard InChI is InChI=1S/C29H33N3O5S2/c1-20(2)26-27(39-23-12-8-5-9-13-23)24(37-29(38)31-15-14-30-19-31)16-22(17-25(33)35-3)32(26)28(34)36-18-21-10-6-4-7-11-21/h4-15,19-20,22,24,26-27H,16-18H2,1-3H3/t22-,24+,26-,27+/m0/s1. The minimum Gasteiger partial charge on any atom is -0.469 e. The molecule has 1 amide bonds. The fraction of sp³-hybridized carbons (Fsp3) is 0.379. The first-order valence-corrected chi connectivity index (χ1v) is 14.1. The van der Waals surface area contributed by atoms with Gasteiger partial charge in [0.15, 0.2) is 0 Å². The number of amides is 1. The van der Waals surface area contributed by atoms with Gasteiger partial charge in [-0.25, -0.2) is 9.78 Å². The SMILES string of the molecule is COC(=O)C[C@@H]1C[C@@H](OC(=S)n2ccnc2)[C@@H](Sc2ccccc2)[C@H](C(C)C)N1C(=O)OCc1ccccc1. The molecular formula is C29H33N3O5S2. The smallest absolute Gasteiger partial charge is 0.410 e. The van der Waals surface area contributed by atoms with E-state index in [1.807, 2.05) is 60.7 Å². The van der Waals surface area contributed by atoms with Crippen LogP contribution in [0, 0.1) is 5.92 Å². The van der Waals surface area contributed by atoms with Crippen molar-refractivity contribution < 1.29 is 23.8 Å². The zero-order valence-electron chi connectivity index (χ0n) is 22.2. The van der Waals surface area contributed by atoms with Gasteiger partial charge in [-0.3, -0.25) is 14.3 Å². The molecule has 39 heavy (non-hydrogen) atoms. The van der Waals surface area contributed by atoms with Crippen molar-refractivity contribution >= 4 is 41.2 Å². The fourth-order valence-corrected chi connectivity index (χ4v) is 6.60. The van der Waals surface area contributed by atoms with Crippen molar-refractivity contribution in [2.24, 2.45) is 5.92 Å². The predicted molar refractivity (Wildman–Crippen MR) is 153 cm³/mol. The van der Waals surface area contributed by atoms with E-state index in [-0.39, 0.29) is 35.4 Å². The average molecular weight is 568 g/mol. The second-order valence-corrected chi connectivity index (χ2v) is 11.2. The number of likely N-dealkylation sites (tertiary alicyclic amines) is 1. The van der Waals surface area contributed by atoms with Gasteiger partial charge in [-0.15, -0.1) is 11.8 Å². The summed E-state index contributed by atoms with van der Waals surface area (Å²) in [5, 5.41) is 0.0580. The highest BCUT2D eigenvalue weighted by Crippen LogP contribution is 2.41. The number of benzene rings is 2. The van der Waals surface area contributed by atoms with E-state index in [9.17, 15) is 9.59 Å². The molecule has 0 saturated carbocycles. The number of methoxy groups -OCH3 is 1. The Labute approximate surface area is 238 Å². The highest BCUT2D eigenvalue weighted by molar-refractivity contribution is 8.00. The van der Waals surface area contributed by atoms with E-state index < -0.39 is 24.2 Å². The maximum atomic E-state index is 13.7. The lowest BCUT2D eigenvalue weighted by molar-refractivity contribution is -0.143. The minimum absolute atomic E-state index is 0.0145. The minimum atomic E-state index is -0.503. The van der Waals surface area contributed by atoms with Gasteiger partial charge in [0.25, 0.3) is 5.17 Å². The first-order valence-electron chi connectivity index (χ1n) is 12.8. The zero-order valence-corrected chi connectivity index (χ0v) is 23.8. The summed E-state index contributed by atoms with van der Waals surface area (Å²) in [6.45, 7) is 4.26. The molecule has 1 aliphatic heterocycles. The largest absolute Gasteiger partial charge is 0.469 e. The van der Waals surface area contributed by atoms with Crippen LogP contribution in [0.15, 0.2) is 84.3 Å². The summed E-state index contributed by atoms with van der Waals surface area (Å²) in [7, 11) is 1.35. The third-order valence-corrected chi connectivity index (χ3v) is 8.34. The summed E-state index contributed by atoms with van der Waals surface area (Å²) in [6, 6.07) is 18.7. The first kappa shape index (κ1) is 28.6. The lowest BCUT2D eigenvalue weighted by Crippen LogP contribution is -2.63. The van der Waals surface area contributed by atoms with Crippen LogP contribution in [-0.2, 0) is 25.6 Å². The first-order chi connectivity index (χ1) is 18.9. The van der Waals surface area contributed by atoms with Crippen LogP contribution in [0.2, 0.25) is 0 Å². The molecule has 0 aliphatic carbocycles. The van der Waals surface area contributed by atoms with E-state index in [0.717, 1.165) is 10.5 Å². The number of esters is 1. The van der Waals surface area contributed by atoms with Gasteiger partial charge in [0.1, 0.15) is 19.0 Å². The molecule has 1 saturated heterocycles. The molecule has 1 aliphatic rings. The molecule has 206 valence electrons. The number of nitrogens with zero attached hydrogens (tertiary/aromatic N) is 3. The van der Waals surface area contributed by atoms with Crippen molar-refractivity contribution in [1.82, 2.24) is 14.5 Å². The maximum absolute atomic E-state index is 13.7. The number of aromatic nitrogens is 2. The highest BCUT2D eigenvalue weighted by Gasteiger charge is 2.49. The molecule has 4 atom stereocenters. The van der Waals surface area contributed by atoms with Gasteiger partial charge in [-0.1, -0.05) is 62.4 Å². The van der Waals surface area contributed by atoms with Crippen molar-refractivity contribution in [3.05, 3.63) is 84.9 Å². The van der Waals surface area contributed by atoms with E-state index >= 15 is 0 Å². The normalized spacial score (nSPS) is 20.9. The molecule has 1 aromatic heterocycles. The van der Waals surface area contributed by atoms with Crippen LogP contribution >= 0.6 is 24.0 Å². The number of piperidine rings is 1. The Hall–Kier alpha value is -3.37. The summed E-state index contributed by atoms with van der Waals surface area (Å²) in [5.74, 6) is -0.391. The summed E-state index contributed by atoms with van der Waals surface area (Å²) < 4.78 is 18.9. The van der Waals surface area contributed by atoms with Gasteiger partial charge < -0.3 is 14.2 Å². The monoisotopic (exact) mass is 567 g/mol. The lowest BCUT2D eigenvalue weighted by atomic mass is 9.85. The maximum Gasteiger partial charge on any atom is 0.410 e. The van der Waals surface area contributed by atoms with E-state index in [2.05, 4.69) is 18.8 Å². The van der Waals surface area contributed by atoms with Gasteiger partial charge in [-0.05, 0) is 35.8 Å². The quantitative estimate of drug-likeness (QED) is 0.258. The number of rotatable bonds is 8. The Bertz CT molecular complexity index is 1220. The summed E-state index contributed by atoms with van der Waals surface area (Å²) in [4.78, 5) is 33.1. The molecule has 2 aromatic carbocycles. The highest BCUT2D eigenvalue weighted by atomic mass is 32.2. The Morgan fingerprint density at radius 1 is 1.10 bits per heavy atom. The van der Waals surface area contributed by atoms with E-state index in [0.29, 0.717) is 6.42 Å². The number of thiocarbonyl (C=S) groups is 1. The van der Waals surface area contributed by atoms with Crippen LogP contribution in [0.5, 0.6) is 0 Å². The number of ether oxygens (including phenoxy) is 3. The number of hydrogen-bond donors (Lipinski definition) is 0. The topological polar surface area (TPSA) is 82.9 Å². The van der Waals surface area contributed by atoms with Gasteiger partial charge in [-0.2, -0.15) is 0 Å². The summed E-state index contributed by atoms with van der Waals surface area (Å²) >= 11 is 7.23. The summed E-state index contributed by atoms with van der Waals surface area (Å²) in [5.41, 5.74) is 0.885. The molecule has 1 fully saturated rings. The van der Waals surface area contributed by atoms with Crippen LogP contribution in [0.25, 0.3) is 0 Å². The van der Waals surface area contributed by atoms with Crippen LogP contribution < -0.4 is 0 Å². The molecule has 0 bridgehead atoms. The van der Waals surface area contributed by atoms with Crippen LogP contribution in [0.1, 0.15) is 32.3 Å². The van der Waals surface area contributed by atoms with Crippen molar-refractivity contribution in [1.29, 1.82) is 0 Å². The fourth-order valence-electron chi connectivity index (χ4n) is 4.83. The zero-order chi connectivity index (χ0) is 27.8. The molecule has 3 aromatic rings. The van der Waals surface area contributed by atoms with Gasteiger partial charge in [0, 0.05) is 29.8 Å². The van der Waals surface area contributed by atoms with Gasteiger partial charge in [0.05, 0.1) is 24.8 Å². The Morgan fingerprint density at radius 3 is 2.41 bits per heavy atom. The predicted octanol–water partition coefficient (Wildman–Crippen LogP) is 5.56. The number of thioether (sulfide) groups is 1. The molecule has 2 heterocycles. The molecule has 0 radical (unpaired) electrons. The number of carbonyl (C=O) groups excluding carboxylic acids is 2. The van der Waals surface area contributed by atoms with E-state index in [1.165, 1.54) is 7.11 Å². The van der Waals surface area contributed by atoms with Crippen molar-refractivity contribution in [2.75, 3.05) is 7.11 Å². The van der Waals surface area contributed by atoms with Crippen molar-refractivity contribution in [3.63, 3.8) is 0 Å². The van der Waals surface area contributed by atoms with Crippen molar-refractivity contribution in [3.8, 4) is 0 Å². The Morgan fingerprint density at radius 2 is 1.79 bits per heavy atom. The number of hydrogen-bond acceptors (Lipinski definition) is 8. The number of imidazole rings is 1. The Balaban J connectivity index is 1.68. The summed E-state index contributed by atoms with van der Waals surface area (Å²) in [6.07, 6.45) is 4.46. The Kier molecular flexibility index (Phi) is 10.00. The average Bonchev–Trinajstić information content (AvgIpc) is 3.49. The van der Waals surface area contributed by atoms with Crippen LogP contribution in [-0.4, -0.2) is 62.2 Å². The second kappa shape index (κ2) is 13.6. The molecule has 8 nitrogen and oxygen atoms in total. The lowest BCUT2D eigenvalue weighted by Gasteiger charge is -2.50. The molecule has 0 N–H and O–H groups in total. The van der Waals surface area contributed by atoms with Crippen molar-refractivity contribution in [2.45, 2.75) is 61.6 Å². The molecule has 4 rings (SSSR count). The van der Waals surface area contributed by atoms with Gasteiger partial charge >= 0.3 is 12.1 Å². The third-order valence-electron chi connectivity index (χ3n) is 6.63. The number of carbonyl (C=O) groups is 2. The van der Waals surface area contributed by atoms with E-state index in [1.54, 1.807) is 39.9 Å². The molecule has 0 spiro atoms. The van der Waals surface area contributed by atoms with Crippen LogP contribution in [0.3, 0.4) is 0 Å². The second-order valence-electron chi connectivity index (χ2n) is 9.64. The van der Waals surface area contributed by atoms with E-state index in [4.69, 9.17) is 26.4 Å². The third kappa shape index (κ3) is 7.39. The molecule has 10 heteroatoms. The molecular weight excluding hydrogens is 534 g/mol.